The van der Waals surface area contributed by atoms with Crippen molar-refractivity contribution in [1.82, 2.24) is 4.90 Å². The van der Waals surface area contributed by atoms with Crippen LogP contribution in [0.1, 0.15) is 31.2 Å². The van der Waals surface area contributed by atoms with Crippen molar-refractivity contribution in [2.75, 3.05) is 13.1 Å². The van der Waals surface area contributed by atoms with Gasteiger partial charge in [-0.25, -0.2) is 0 Å². The van der Waals surface area contributed by atoms with Crippen molar-refractivity contribution in [3.05, 3.63) is 29.8 Å². The molecule has 1 atom stereocenters. The summed E-state index contributed by atoms with van der Waals surface area (Å²) in [6, 6.07) is 9.20. The molecule has 3 rings (SSSR count). The molecule has 1 unspecified atom stereocenters. The summed E-state index contributed by atoms with van der Waals surface area (Å²) in [5.41, 5.74) is 6.88. The fourth-order valence-electron chi connectivity index (χ4n) is 3.43. The molecule has 0 aromatic heterocycles. The second kappa shape index (κ2) is 6.19. The van der Waals surface area contributed by atoms with E-state index in [9.17, 15) is 4.79 Å². The number of nitrogens with zero attached hydrogens (tertiary/aromatic N) is 1. The zero-order valence-electron chi connectivity index (χ0n) is 11.8. The predicted molar refractivity (Wildman–Crippen MR) is 82.8 cm³/mol. The highest BCUT2D eigenvalue weighted by Crippen LogP contribution is 2.37. The van der Waals surface area contributed by atoms with Crippen molar-refractivity contribution in [2.24, 2.45) is 5.73 Å². The number of carbonyl (C=O) groups is 1. The zero-order chi connectivity index (χ0) is 13.9. The monoisotopic (exact) mass is 290 g/mol. The van der Waals surface area contributed by atoms with E-state index < -0.39 is 0 Å². The lowest BCUT2D eigenvalue weighted by Gasteiger charge is -2.29. The SMILES string of the molecule is NC(=O)CN(CC1Cc2ccccc2S1)C1CCCC1. The van der Waals surface area contributed by atoms with E-state index in [2.05, 4.69) is 29.2 Å². The first kappa shape index (κ1) is 14.0. The molecule has 1 aliphatic heterocycles. The van der Waals surface area contributed by atoms with Crippen molar-refractivity contribution in [3.8, 4) is 0 Å². The molecule has 0 spiro atoms. The van der Waals surface area contributed by atoms with Crippen LogP contribution in [-0.4, -0.2) is 35.2 Å². The Balaban J connectivity index is 1.64. The van der Waals surface area contributed by atoms with Gasteiger partial charge in [-0.1, -0.05) is 31.0 Å². The third kappa shape index (κ3) is 3.18. The molecular formula is C16H22N2OS. The van der Waals surface area contributed by atoms with Gasteiger partial charge in [0, 0.05) is 22.7 Å². The average Bonchev–Trinajstić information content (AvgIpc) is 3.06. The lowest BCUT2D eigenvalue weighted by molar-refractivity contribution is -0.119. The van der Waals surface area contributed by atoms with Gasteiger partial charge in [0.2, 0.25) is 5.91 Å². The molecule has 4 heteroatoms. The maximum absolute atomic E-state index is 11.3. The number of nitrogens with two attached hydrogens (primary N) is 1. The minimum absolute atomic E-state index is 0.197. The van der Waals surface area contributed by atoms with E-state index in [1.54, 1.807) is 0 Å². The van der Waals surface area contributed by atoms with Gasteiger partial charge in [-0.2, -0.15) is 0 Å². The van der Waals surface area contributed by atoms with E-state index in [1.807, 2.05) is 11.8 Å². The largest absolute Gasteiger partial charge is 0.369 e. The molecule has 2 N–H and O–H groups in total. The molecule has 1 aromatic carbocycles. The van der Waals surface area contributed by atoms with Crippen LogP contribution in [0.3, 0.4) is 0 Å². The lowest BCUT2D eigenvalue weighted by Crippen LogP contribution is -2.43. The number of hydrogen-bond acceptors (Lipinski definition) is 3. The molecule has 1 heterocycles. The van der Waals surface area contributed by atoms with E-state index >= 15 is 0 Å². The molecule has 1 aliphatic carbocycles. The number of carbonyl (C=O) groups excluding carboxylic acids is 1. The van der Waals surface area contributed by atoms with Gasteiger partial charge in [0.15, 0.2) is 0 Å². The minimum atomic E-state index is -0.197. The quantitative estimate of drug-likeness (QED) is 0.906. The molecule has 1 aromatic rings. The van der Waals surface area contributed by atoms with Crippen molar-refractivity contribution in [3.63, 3.8) is 0 Å². The Morgan fingerprint density at radius 3 is 2.75 bits per heavy atom. The van der Waals surface area contributed by atoms with Crippen LogP contribution in [0, 0.1) is 0 Å². The standard InChI is InChI=1S/C16H22N2OS/c17-16(19)11-18(13-6-2-3-7-13)10-14-9-12-5-1-4-8-15(12)20-14/h1,4-5,8,13-14H,2-3,6-7,9-11H2,(H2,17,19). The summed E-state index contributed by atoms with van der Waals surface area (Å²) in [7, 11) is 0. The molecule has 2 aliphatic rings. The molecule has 3 nitrogen and oxygen atoms in total. The van der Waals surface area contributed by atoms with Gasteiger partial charge in [0.1, 0.15) is 0 Å². The first-order valence-corrected chi connectivity index (χ1v) is 8.37. The normalized spacial score (nSPS) is 22.4. The molecule has 0 bridgehead atoms. The first-order chi connectivity index (χ1) is 9.72. The number of fused-ring (bicyclic) bond motifs is 1. The van der Waals surface area contributed by atoms with Crippen LogP contribution in [0.5, 0.6) is 0 Å². The Labute approximate surface area is 124 Å². The maximum atomic E-state index is 11.3. The maximum Gasteiger partial charge on any atom is 0.231 e. The van der Waals surface area contributed by atoms with Gasteiger partial charge >= 0.3 is 0 Å². The van der Waals surface area contributed by atoms with Gasteiger partial charge in [0.25, 0.3) is 0 Å². The Hall–Kier alpha value is -1.00. The van der Waals surface area contributed by atoms with Gasteiger partial charge in [0.05, 0.1) is 6.54 Å². The van der Waals surface area contributed by atoms with Crippen molar-refractivity contribution in [2.45, 2.75) is 48.3 Å². The van der Waals surface area contributed by atoms with Crippen molar-refractivity contribution < 1.29 is 4.79 Å². The third-order valence-corrected chi connectivity index (χ3v) is 5.65. The summed E-state index contributed by atoms with van der Waals surface area (Å²) in [6.07, 6.45) is 6.13. The number of hydrogen-bond donors (Lipinski definition) is 1. The van der Waals surface area contributed by atoms with Crippen LogP contribution in [0.2, 0.25) is 0 Å². The van der Waals surface area contributed by atoms with Crippen LogP contribution in [0.4, 0.5) is 0 Å². The lowest BCUT2D eigenvalue weighted by atomic mass is 10.1. The Kier molecular flexibility index (Phi) is 4.32. The van der Waals surface area contributed by atoms with Crippen LogP contribution in [0.25, 0.3) is 0 Å². The smallest absolute Gasteiger partial charge is 0.231 e. The summed E-state index contributed by atoms with van der Waals surface area (Å²) >= 11 is 1.96. The highest BCUT2D eigenvalue weighted by Gasteiger charge is 2.29. The predicted octanol–water partition coefficient (Wildman–Crippen LogP) is 2.43. The Bertz CT molecular complexity index is 460. The highest BCUT2D eigenvalue weighted by molar-refractivity contribution is 8.00. The van der Waals surface area contributed by atoms with Crippen LogP contribution < -0.4 is 5.73 Å². The summed E-state index contributed by atoms with van der Waals surface area (Å²) in [5, 5.41) is 0.562. The van der Waals surface area contributed by atoms with Crippen LogP contribution in [0.15, 0.2) is 29.2 Å². The highest BCUT2D eigenvalue weighted by atomic mass is 32.2. The summed E-state index contributed by atoms with van der Waals surface area (Å²) in [6.45, 7) is 1.39. The van der Waals surface area contributed by atoms with E-state index in [-0.39, 0.29) is 5.91 Å². The number of primary amides is 1. The second-order valence-electron chi connectivity index (χ2n) is 5.89. The Morgan fingerprint density at radius 2 is 2.05 bits per heavy atom. The minimum Gasteiger partial charge on any atom is -0.369 e. The van der Waals surface area contributed by atoms with Crippen molar-refractivity contribution >= 4 is 17.7 Å². The summed E-state index contributed by atoms with van der Waals surface area (Å²) in [4.78, 5) is 15.1. The van der Waals surface area contributed by atoms with Crippen LogP contribution >= 0.6 is 11.8 Å². The fraction of sp³-hybridized carbons (Fsp3) is 0.562. The van der Waals surface area contributed by atoms with Gasteiger partial charge < -0.3 is 5.73 Å². The van der Waals surface area contributed by atoms with Crippen molar-refractivity contribution in [1.29, 1.82) is 0 Å². The molecule has 1 amide bonds. The number of amides is 1. The van der Waals surface area contributed by atoms with Gasteiger partial charge in [-0.3, -0.25) is 9.69 Å². The average molecular weight is 290 g/mol. The molecule has 1 saturated carbocycles. The van der Waals surface area contributed by atoms with E-state index in [0.29, 0.717) is 17.8 Å². The van der Waals surface area contributed by atoms with E-state index in [1.165, 1.54) is 36.1 Å². The molecule has 20 heavy (non-hydrogen) atoms. The molecule has 0 radical (unpaired) electrons. The topological polar surface area (TPSA) is 46.3 Å². The summed E-state index contributed by atoms with van der Waals surface area (Å²) in [5.74, 6) is -0.197. The van der Waals surface area contributed by atoms with E-state index in [0.717, 1.165) is 13.0 Å². The van der Waals surface area contributed by atoms with Gasteiger partial charge in [-0.05, 0) is 30.9 Å². The van der Waals surface area contributed by atoms with Gasteiger partial charge in [-0.15, -0.1) is 11.8 Å². The second-order valence-corrected chi connectivity index (χ2v) is 7.23. The van der Waals surface area contributed by atoms with E-state index in [4.69, 9.17) is 5.73 Å². The molecule has 0 saturated heterocycles. The van der Waals surface area contributed by atoms with Crippen LogP contribution in [-0.2, 0) is 11.2 Å². The number of thioether (sulfide) groups is 1. The molecule has 1 fully saturated rings. The molecular weight excluding hydrogens is 268 g/mol. The first-order valence-electron chi connectivity index (χ1n) is 7.49. The summed E-state index contributed by atoms with van der Waals surface area (Å²) < 4.78 is 0. The fourth-order valence-corrected chi connectivity index (χ4v) is 4.78. The number of rotatable bonds is 5. The third-order valence-electron chi connectivity index (χ3n) is 4.35. The number of benzene rings is 1. The zero-order valence-corrected chi connectivity index (χ0v) is 12.6. The molecule has 108 valence electrons. The Morgan fingerprint density at radius 1 is 1.30 bits per heavy atom.